The molecule has 1 amide bonds. The van der Waals surface area contributed by atoms with E-state index in [1.165, 1.54) is 0 Å². The van der Waals surface area contributed by atoms with Crippen molar-refractivity contribution >= 4 is 22.5 Å². The molecule has 7 heteroatoms. The molecule has 0 fully saturated rings. The first kappa shape index (κ1) is 21.0. The van der Waals surface area contributed by atoms with Crippen LogP contribution in [-0.2, 0) is 17.6 Å². The largest absolute Gasteiger partial charge is 0.497 e. The number of carbonyl (C=O) groups excluding carboxylic acids is 1. The lowest BCUT2D eigenvalue weighted by Crippen LogP contribution is -2.45. The third-order valence-electron chi connectivity index (χ3n) is 5.33. The van der Waals surface area contributed by atoms with Gasteiger partial charge in [0, 0.05) is 35.4 Å². The Morgan fingerprint density at radius 3 is 2.71 bits per heavy atom. The van der Waals surface area contributed by atoms with Crippen LogP contribution in [0.4, 0.5) is 5.82 Å². The number of benzene rings is 1. The maximum atomic E-state index is 12.5. The number of fused-ring (bicyclic) bond motifs is 2. The van der Waals surface area contributed by atoms with Gasteiger partial charge in [-0.1, -0.05) is 6.07 Å². The molecular formula is C24H29N5O2. The Kier molecular flexibility index (Phi) is 5.52. The number of aromatic nitrogens is 3. The van der Waals surface area contributed by atoms with Crippen LogP contribution < -0.4 is 15.0 Å². The van der Waals surface area contributed by atoms with Crippen molar-refractivity contribution in [2.24, 2.45) is 0 Å². The number of anilines is 1. The van der Waals surface area contributed by atoms with Crippen molar-refractivity contribution in [3.63, 3.8) is 0 Å². The number of hydrogen-bond acceptors (Lipinski definition) is 6. The number of rotatable bonds is 5. The summed E-state index contributed by atoms with van der Waals surface area (Å²) in [5.41, 5.74) is 2.65. The summed E-state index contributed by atoms with van der Waals surface area (Å²) in [4.78, 5) is 28.7. The van der Waals surface area contributed by atoms with Gasteiger partial charge in [0.25, 0.3) is 0 Å². The number of methoxy groups -OCH3 is 1. The fourth-order valence-corrected chi connectivity index (χ4v) is 3.96. The highest BCUT2D eigenvalue weighted by Crippen LogP contribution is 2.31. The molecular weight excluding hydrogens is 390 g/mol. The van der Waals surface area contributed by atoms with Crippen molar-refractivity contribution < 1.29 is 9.53 Å². The molecule has 1 aliphatic carbocycles. The Morgan fingerprint density at radius 1 is 1.16 bits per heavy atom. The van der Waals surface area contributed by atoms with Gasteiger partial charge in [-0.25, -0.2) is 9.97 Å². The van der Waals surface area contributed by atoms with Crippen LogP contribution in [0.25, 0.3) is 22.3 Å². The summed E-state index contributed by atoms with van der Waals surface area (Å²) in [6.07, 6.45) is 4.73. The maximum Gasteiger partial charge on any atom is 0.239 e. The molecule has 1 N–H and O–H groups in total. The molecule has 2 heterocycles. The van der Waals surface area contributed by atoms with Gasteiger partial charge in [0.1, 0.15) is 17.3 Å². The molecule has 1 aliphatic rings. The monoisotopic (exact) mass is 419 g/mol. The van der Waals surface area contributed by atoms with Crippen molar-refractivity contribution in [2.45, 2.75) is 45.6 Å². The molecule has 0 unspecified atom stereocenters. The molecule has 0 saturated carbocycles. The minimum Gasteiger partial charge on any atom is -0.497 e. The molecule has 1 aromatic carbocycles. The first-order valence-electron chi connectivity index (χ1n) is 10.6. The van der Waals surface area contributed by atoms with Gasteiger partial charge in [0.2, 0.25) is 5.91 Å². The van der Waals surface area contributed by atoms with Gasteiger partial charge in [-0.15, -0.1) is 0 Å². The summed E-state index contributed by atoms with van der Waals surface area (Å²) in [7, 11) is 3.56. The van der Waals surface area contributed by atoms with Crippen molar-refractivity contribution in [1.29, 1.82) is 0 Å². The second-order valence-corrected chi connectivity index (χ2v) is 9.09. The van der Waals surface area contributed by atoms with Crippen LogP contribution in [-0.4, -0.2) is 47.1 Å². The summed E-state index contributed by atoms with van der Waals surface area (Å²) in [5, 5.41) is 5.07. The number of likely N-dealkylation sites (N-methyl/N-ethyl adjacent to an activating group) is 1. The summed E-state index contributed by atoms with van der Waals surface area (Å²) < 4.78 is 5.30. The fourth-order valence-electron chi connectivity index (χ4n) is 3.96. The average molecular weight is 420 g/mol. The van der Waals surface area contributed by atoms with E-state index in [1.807, 2.05) is 63.2 Å². The Morgan fingerprint density at radius 2 is 1.97 bits per heavy atom. The summed E-state index contributed by atoms with van der Waals surface area (Å²) in [6.45, 7) is 6.18. The lowest BCUT2D eigenvalue weighted by atomic mass is 10.1. The molecule has 0 atom stereocenters. The Bertz CT molecular complexity index is 1140. The zero-order valence-electron chi connectivity index (χ0n) is 18.8. The Hall–Kier alpha value is -3.22. The van der Waals surface area contributed by atoms with E-state index in [2.05, 4.69) is 10.3 Å². The molecule has 7 nitrogen and oxygen atoms in total. The topological polar surface area (TPSA) is 80.2 Å². The number of nitrogens with one attached hydrogen (secondary N) is 1. The van der Waals surface area contributed by atoms with Crippen molar-refractivity contribution in [1.82, 2.24) is 20.3 Å². The van der Waals surface area contributed by atoms with Crippen LogP contribution in [0.15, 0.2) is 30.5 Å². The summed E-state index contributed by atoms with van der Waals surface area (Å²) in [5.74, 6) is 2.18. The first-order valence-corrected chi connectivity index (χ1v) is 10.6. The predicted octanol–water partition coefficient (Wildman–Crippen LogP) is 3.54. The summed E-state index contributed by atoms with van der Waals surface area (Å²) >= 11 is 0. The molecule has 31 heavy (non-hydrogen) atoms. The zero-order chi connectivity index (χ0) is 22.2. The normalized spacial score (nSPS) is 13.2. The fraction of sp³-hybridized carbons (Fsp3) is 0.417. The van der Waals surface area contributed by atoms with Crippen LogP contribution in [0.1, 0.15) is 38.4 Å². The van der Waals surface area contributed by atoms with Gasteiger partial charge in [-0.3, -0.25) is 9.78 Å². The lowest BCUT2D eigenvalue weighted by molar-refractivity contribution is -0.121. The first-order chi connectivity index (χ1) is 14.7. The molecule has 0 spiro atoms. The molecule has 0 saturated heterocycles. The van der Waals surface area contributed by atoms with Gasteiger partial charge in [-0.2, -0.15) is 0 Å². The highest BCUT2D eigenvalue weighted by atomic mass is 16.5. The Balaban J connectivity index is 1.68. The third kappa shape index (κ3) is 4.60. The van der Waals surface area contributed by atoms with E-state index in [-0.39, 0.29) is 18.0 Å². The highest BCUT2D eigenvalue weighted by molar-refractivity contribution is 5.86. The van der Waals surface area contributed by atoms with Crippen molar-refractivity contribution in [3.05, 3.63) is 41.7 Å². The van der Waals surface area contributed by atoms with Crippen LogP contribution in [0.5, 0.6) is 5.75 Å². The Labute approximate surface area is 182 Å². The molecule has 0 radical (unpaired) electrons. The van der Waals surface area contributed by atoms with Gasteiger partial charge in [-0.05, 0) is 63.6 Å². The van der Waals surface area contributed by atoms with E-state index < -0.39 is 0 Å². The zero-order valence-corrected chi connectivity index (χ0v) is 18.8. The number of pyridine rings is 1. The number of carbonyl (C=O) groups is 1. The van der Waals surface area contributed by atoms with Crippen LogP contribution in [0.3, 0.4) is 0 Å². The SMILES string of the molecule is COc1ccc2cc(-c3nc4c(c(N(C)CC(=O)NC(C)(C)C)n3)CCC4)ncc2c1. The van der Waals surface area contributed by atoms with Crippen molar-refractivity contribution in [3.8, 4) is 17.3 Å². The van der Waals surface area contributed by atoms with Crippen LogP contribution >= 0.6 is 0 Å². The highest BCUT2D eigenvalue weighted by Gasteiger charge is 2.24. The molecule has 162 valence electrons. The number of nitrogens with zero attached hydrogens (tertiary/aromatic N) is 4. The number of aryl methyl sites for hydroxylation is 1. The molecule has 3 aromatic rings. The average Bonchev–Trinajstić information content (AvgIpc) is 3.19. The smallest absolute Gasteiger partial charge is 0.239 e. The standard InChI is InChI=1S/C24H29N5O2/c1-24(2,3)28-21(30)14-29(4)23-18-7-6-8-19(18)26-22(27-23)20-12-15-9-10-17(31-5)11-16(15)13-25-20/h9-13H,6-8,14H2,1-5H3,(H,28,30). The lowest BCUT2D eigenvalue weighted by Gasteiger charge is -2.25. The second-order valence-electron chi connectivity index (χ2n) is 9.09. The van der Waals surface area contributed by atoms with E-state index in [4.69, 9.17) is 14.7 Å². The van der Waals surface area contributed by atoms with Crippen LogP contribution in [0, 0.1) is 0 Å². The van der Waals surface area contributed by atoms with E-state index in [0.29, 0.717) is 5.82 Å². The maximum absolute atomic E-state index is 12.5. The molecule has 0 bridgehead atoms. The van der Waals surface area contributed by atoms with E-state index in [9.17, 15) is 4.79 Å². The predicted molar refractivity (Wildman–Crippen MR) is 123 cm³/mol. The number of hydrogen-bond donors (Lipinski definition) is 1. The number of ether oxygens (including phenoxy) is 1. The second kappa shape index (κ2) is 8.13. The molecule has 2 aromatic heterocycles. The van der Waals surface area contributed by atoms with Gasteiger partial charge < -0.3 is 15.0 Å². The van der Waals surface area contributed by atoms with E-state index >= 15 is 0 Å². The minimum absolute atomic E-state index is 0.0281. The quantitative estimate of drug-likeness (QED) is 0.681. The molecule has 4 rings (SSSR count). The summed E-state index contributed by atoms with van der Waals surface area (Å²) in [6, 6.07) is 7.91. The van der Waals surface area contributed by atoms with Crippen molar-refractivity contribution in [2.75, 3.05) is 25.6 Å². The van der Waals surface area contributed by atoms with Gasteiger partial charge in [0.15, 0.2) is 5.82 Å². The van der Waals surface area contributed by atoms with Gasteiger partial charge in [0.05, 0.1) is 13.7 Å². The van der Waals surface area contributed by atoms with Crippen LogP contribution in [0.2, 0.25) is 0 Å². The van der Waals surface area contributed by atoms with Gasteiger partial charge >= 0.3 is 0 Å². The third-order valence-corrected chi connectivity index (χ3v) is 5.33. The number of amides is 1. The van der Waals surface area contributed by atoms with E-state index in [1.54, 1.807) is 7.11 Å². The van der Waals surface area contributed by atoms with E-state index in [0.717, 1.165) is 58.6 Å². The minimum atomic E-state index is -0.269. The molecule has 0 aliphatic heterocycles.